The second-order valence-corrected chi connectivity index (χ2v) is 7.41. The summed E-state index contributed by atoms with van der Waals surface area (Å²) in [4.78, 5) is 2.60. The molecule has 0 spiro atoms. The van der Waals surface area contributed by atoms with E-state index in [1.807, 2.05) is 12.1 Å². The molecule has 0 aliphatic carbocycles. The van der Waals surface area contributed by atoms with Gasteiger partial charge < -0.3 is 14.6 Å². The van der Waals surface area contributed by atoms with Gasteiger partial charge in [0.15, 0.2) is 11.5 Å². The average Bonchev–Trinajstić information content (AvgIpc) is 3.13. The zero-order chi connectivity index (χ0) is 17.8. The van der Waals surface area contributed by atoms with Crippen LogP contribution in [0.3, 0.4) is 0 Å². The van der Waals surface area contributed by atoms with Crippen LogP contribution in [0, 0.1) is 0 Å². The van der Waals surface area contributed by atoms with Crippen molar-refractivity contribution in [1.82, 2.24) is 4.90 Å². The van der Waals surface area contributed by atoms with E-state index in [0.717, 1.165) is 29.9 Å². The molecule has 0 amide bonds. The standard InChI is InChI=1S/C22H23NO3/c1-25-21-10-18-15-6-5-14(24)9-17(15)16-8-13-4-3-7-23(13)12-20(16)19(18)11-22(21)26-2/h5-6,9-11,13,24H,3-4,7-8,12H2,1-2H3/t13-/m0/s1. The number of hydrogen-bond donors (Lipinski definition) is 1. The summed E-state index contributed by atoms with van der Waals surface area (Å²) in [6, 6.07) is 10.6. The van der Waals surface area contributed by atoms with Crippen molar-refractivity contribution >= 4 is 21.5 Å². The number of phenols is 1. The molecule has 3 aromatic rings. The van der Waals surface area contributed by atoms with Crippen LogP contribution in [-0.4, -0.2) is 36.8 Å². The number of fused-ring (bicyclic) bond motifs is 7. The second kappa shape index (κ2) is 5.78. The Morgan fingerprint density at radius 1 is 0.923 bits per heavy atom. The summed E-state index contributed by atoms with van der Waals surface area (Å²) in [6.07, 6.45) is 3.60. The van der Waals surface area contributed by atoms with Gasteiger partial charge in [0.25, 0.3) is 0 Å². The van der Waals surface area contributed by atoms with Crippen molar-refractivity contribution in [2.45, 2.75) is 31.8 Å². The van der Waals surface area contributed by atoms with Crippen LogP contribution in [0.15, 0.2) is 30.3 Å². The summed E-state index contributed by atoms with van der Waals surface area (Å²) < 4.78 is 11.1. The van der Waals surface area contributed by atoms with Gasteiger partial charge in [-0.25, -0.2) is 0 Å². The first kappa shape index (κ1) is 15.8. The fourth-order valence-electron chi connectivity index (χ4n) is 4.88. The molecule has 0 bridgehead atoms. The van der Waals surface area contributed by atoms with Gasteiger partial charge in [-0.2, -0.15) is 0 Å². The van der Waals surface area contributed by atoms with Crippen LogP contribution in [0.5, 0.6) is 17.2 Å². The molecular formula is C22H23NO3. The summed E-state index contributed by atoms with van der Waals surface area (Å²) in [7, 11) is 3.36. The molecule has 26 heavy (non-hydrogen) atoms. The maximum Gasteiger partial charge on any atom is 0.161 e. The molecule has 1 fully saturated rings. The summed E-state index contributed by atoms with van der Waals surface area (Å²) in [5.74, 6) is 1.83. The molecule has 2 aliphatic heterocycles. The topological polar surface area (TPSA) is 41.9 Å². The number of benzene rings is 3. The Bertz CT molecular complexity index is 1030. The minimum absolute atomic E-state index is 0.327. The van der Waals surface area contributed by atoms with Crippen molar-refractivity contribution < 1.29 is 14.6 Å². The van der Waals surface area contributed by atoms with E-state index in [9.17, 15) is 5.11 Å². The molecule has 3 aromatic carbocycles. The number of aromatic hydroxyl groups is 1. The maximum absolute atomic E-state index is 10.1. The number of methoxy groups -OCH3 is 2. The Labute approximate surface area is 152 Å². The molecule has 2 heterocycles. The third-order valence-corrected chi connectivity index (χ3v) is 6.13. The third kappa shape index (κ3) is 2.18. The first-order chi connectivity index (χ1) is 12.7. The van der Waals surface area contributed by atoms with Gasteiger partial charge in [0.05, 0.1) is 14.2 Å². The largest absolute Gasteiger partial charge is 0.508 e. The molecular weight excluding hydrogens is 326 g/mol. The first-order valence-corrected chi connectivity index (χ1v) is 9.26. The fraction of sp³-hybridized carbons (Fsp3) is 0.364. The van der Waals surface area contributed by atoms with Gasteiger partial charge in [-0.1, -0.05) is 6.07 Å². The maximum atomic E-state index is 10.1. The Balaban J connectivity index is 1.89. The Hall–Kier alpha value is -2.46. The number of phenolic OH excluding ortho intramolecular Hbond substituents is 1. The predicted octanol–water partition coefficient (Wildman–Crippen LogP) is 4.24. The van der Waals surface area contributed by atoms with Crippen LogP contribution in [0.2, 0.25) is 0 Å². The smallest absolute Gasteiger partial charge is 0.161 e. The highest BCUT2D eigenvalue weighted by Gasteiger charge is 2.32. The number of nitrogens with zero attached hydrogens (tertiary/aromatic N) is 1. The van der Waals surface area contributed by atoms with Crippen molar-refractivity contribution in [3.05, 3.63) is 41.5 Å². The molecule has 1 N–H and O–H groups in total. The Morgan fingerprint density at radius 2 is 1.65 bits per heavy atom. The van der Waals surface area contributed by atoms with Gasteiger partial charge in [0.1, 0.15) is 5.75 Å². The number of ether oxygens (including phenoxy) is 2. The van der Waals surface area contributed by atoms with Crippen LogP contribution in [-0.2, 0) is 13.0 Å². The minimum atomic E-state index is 0.327. The number of hydrogen-bond acceptors (Lipinski definition) is 4. The Kier molecular flexibility index (Phi) is 3.50. The molecule has 4 heteroatoms. The van der Waals surface area contributed by atoms with Crippen molar-refractivity contribution in [1.29, 1.82) is 0 Å². The van der Waals surface area contributed by atoms with E-state index in [1.54, 1.807) is 20.3 Å². The van der Waals surface area contributed by atoms with E-state index in [1.165, 1.54) is 46.7 Å². The molecule has 134 valence electrons. The molecule has 0 radical (unpaired) electrons. The molecule has 2 aliphatic rings. The lowest BCUT2D eigenvalue weighted by atomic mass is 9.85. The van der Waals surface area contributed by atoms with Gasteiger partial charge in [0, 0.05) is 12.6 Å². The Morgan fingerprint density at radius 3 is 2.42 bits per heavy atom. The fourth-order valence-corrected chi connectivity index (χ4v) is 4.88. The van der Waals surface area contributed by atoms with Gasteiger partial charge in [-0.05, 0) is 82.7 Å². The monoisotopic (exact) mass is 349 g/mol. The minimum Gasteiger partial charge on any atom is -0.508 e. The molecule has 1 saturated heterocycles. The molecule has 5 rings (SSSR count). The molecule has 0 unspecified atom stereocenters. The van der Waals surface area contributed by atoms with E-state index in [-0.39, 0.29) is 0 Å². The predicted molar refractivity (Wildman–Crippen MR) is 103 cm³/mol. The van der Waals surface area contributed by atoms with E-state index in [4.69, 9.17) is 9.47 Å². The van der Waals surface area contributed by atoms with Crippen molar-refractivity contribution in [3.63, 3.8) is 0 Å². The molecule has 1 atom stereocenters. The summed E-state index contributed by atoms with van der Waals surface area (Å²) in [5, 5.41) is 14.9. The summed E-state index contributed by atoms with van der Waals surface area (Å²) in [6.45, 7) is 2.15. The van der Waals surface area contributed by atoms with E-state index in [0.29, 0.717) is 11.8 Å². The molecule has 0 aromatic heterocycles. The van der Waals surface area contributed by atoms with Crippen LogP contribution in [0.25, 0.3) is 21.5 Å². The van der Waals surface area contributed by atoms with Gasteiger partial charge in [-0.15, -0.1) is 0 Å². The van der Waals surface area contributed by atoms with Gasteiger partial charge in [-0.3, -0.25) is 4.90 Å². The molecule has 0 saturated carbocycles. The second-order valence-electron chi connectivity index (χ2n) is 7.41. The normalized spacial score (nSPS) is 19.5. The van der Waals surface area contributed by atoms with Crippen LogP contribution >= 0.6 is 0 Å². The molecule has 4 nitrogen and oxygen atoms in total. The highest BCUT2D eigenvalue weighted by Crippen LogP contribution is 2.44. The van der Waals surface area contributed by atoms with Gasteiger partial charge in [0.2, 0.25) is 0 Å². The van der Waals surface area contributed by atoms with E-state index in [2.05, 4.69) is 17.0 Å². The van der Waals surface area contributed by atoms with Crippen LogP contribution < -0.4 is 9.47 Å². The quantitative estimate of drug-likeness (QED) is 0.703. The van der Waals surface area contributed by atoms with Crippen molar-refractivity contribution in [2.75, 3.05) is 20.8 Å². The lowest BCUT2D eigenvalue weighted by Crippen LogP contribution is -2.35. The SMILES string of the molecule is COc1cc2c3c(c4cc(O)ccc4c2cc1OC)C[C@@H]1CCCN1C3. The van der Waals surface area contributed by atoms with Gasteiger partial charge >= 0.3 is 0 Å². The number of rotatable bonds is 2. The van der Waals surface area contributed by atoms with Crippen molar-refractivity contribution in [3.8, 4) is 17.2 Å². The van der Waals surface area contributed by atoms with E-state index < -0.39 is 0 Å². The van der Waals surface area contributed by atoms with E-state index >= 15 is 0 Å². The van der Waals surface area contributed by atoms with Crippen molar-refractivity contribution in [2.24, 2.45) is 0 Å². The summed E-state index contributed by atoms with van der Waals surface area (Å²) >= 11 is 0. The van der Waals surface area contributed by atoms with Crippen LogP contribution in [0.4, 0.5) is 0 Å². The van der Waals surface area contributed by atoms with Crippen LogP contribution in [0.1, 0.15) is 24.0 Å². The lowest BCUT2D eigenvalue weighted by Gasteiger charge is -2.33. The zero-order valence-electron chi connectivity index (χ0n) is 15.2. The highest BCUT2D eigenvalue weighted by molar-refractivity contribution is 6.12. The third-order valence-electron chi connectivity index (χ3n) is 6.13. The lowest BCUT2D eigenvalue weighted by molar-refractivity contribution is 0.229. The summed E-state index contributed by atoms with van der Waals surface area (Å²) in [5.41, 5.74) is 2.76. The average molecular weight is 349 g/mol. The zero-order valence-corrected chi connectivity index (χ0v) is 15.2. The first-order valence-electron chi connectivity index (χ1n) is 9.26. The highest BCUT2D eigenvalue weighted by atomic mass is 16.5.